The zero-order valence-electron chi connectivity index (χ0n) is 18.2. The molecule has 0 amide bonds. The number of allylic oxidation sites excluding steroid dienone is 3. The SMILES string of the molecule is C=C(C)N(/C(=C/C)C(C)=NC)c1c(C)cnc2cc(CC)c(-c3ccn[nH]3)cc12. The number of aliphatic imine (C=N–C) groups is 1. The van der Waals surface area contributed by atoms with Gasteiger partial charge in [0.2, 0.25) is 0 Å². The van der Waals surface area contributed by atoms with Gasteiger partial charge in [0.25, 0.3) is 0 Å². The van der Waals surface area contributed by atoms with Crippen molar-refractivity contribution in [1.82, 2.24) is 15.2 Å². The first-order valence-corrected chi connectivity index (χ1v) is 9.90. The Morgan fingerprint density at radius 3 is 2.62 bits per heavy atom. The fraction of sp³-hybridized carbons (Fsp3) is 0.292. The number of aromatic nitrogens is 3. The summed E-state index contributed by atoms with van der Waals surface area (Å²) in [5.74, 6) is 0. The highest BCUT2D eigenvalue weighted by Gasteiger charge is 2.21. The molecule has 5 heteroatoms. The maximum Gasteiger partial charge on any atom is 0.0726 e. The van der Waals surface area contributed by atoms with Crippen molar-refractivity contribution in [2.45, 2.75) is 41.0 Å². The summed E-state index contributed by atoms with van der Waals surface area (Å²) in [6, 6.07) is 6.41. The third-order valence-corrected chi connectivity index (χ3v) is 5.25. The van der Waals surface area contributed by atoms with Crippen molar-refractivity contribution in [3.63, 3.8) is 0 Å². The number of benzene rings is 1. The number of nitrogens with one attached hydrogen (secondary N) is 1. The van der Waals surface area contributed by atoms with E-state index < -0.39 is 0 Å². The van der Waals surface area contributed by atoms with Crippen molar-refractivity contribution in [1.29, 1.82) is 0 Å². The molecule has 0 saturated carbocycles. The Kier molecular flexibility index (Phi) is 5.97. The van der Waals surface area contributed by atoms with Crippen molar-refractivity contribution in [3.8, 4) is 11.3 Å². The Balaban J connectivity index is 2.38. The van der Waals surface area contributed by atoms with Crippen LogP contribution in [0.3, 0.4) is 0 Å². The monoisotopic (exact) mass is 387 g/mol. The number of anilines is 1. The highest BCUT2D eigenvalue weighted by atomic mass is 15.2. The Morgan fingerprint density at radius 1 is 1.31 bits per heavy atom. The Hall–Kier alpha value is -3.21. The van der Waals surface area contributed by atoms with Gasteiger partial charge in [-0.05, 0) is 63.4 Å². The van der Waals surface area contributed by atoms with Gasteiger partial charge in [-0.1, -0.05) is 19.6 Å². The molecule has 5 nitrogen and oxygen atoms in total. The smallest absolute Gasteiger partial charge is 0.0726 e. The maximum absolute atomic E-state index is 4.73. The van der Waals surface area contributed by atoms with Crippen LogP contribution in [-0.2, 0) is 6.42 Å². The third-order valence-electron chi connectivity index (χ3n) is 5.25. The van der Waals surface area contributed by atoms with Crippen LogP contribution in [-0.4, -0.2) is 27.9 Å². The molecule has 150 valence electrons. The highest BCUT2D eigenvalue weighted by Crippen LogP contribution is 2.37. The zero-order valence-corrected chi connectivity index (χ0v) is 18.2. The molecule has 0 radical (unpaired) electrons. The van der Waals surface area contributed by atoms with Crippen LogP contribution in [0.15, 0.2) is 59.6 Å². The van der Waals surface area contributed by atoms with Crippen molar-refractivity contribution < 1.29 is 0 Å². The molecular weight excluding hydrogens is 358 g/mol. The molecule has 0 fully saturated rings. The van der Waals surface area contributed by atoms with Gasteiger partial charge in [0, 0.05) is 36.1 Å². The average Bonchev–Trinajstić information content (AvgIpc) is 3.25. The second kappa shape index (κ2) is 8.43. The Morgan fingerprint density at radius 2 is 2.07 bits per heavy atom. The average molecular weight is 388 g/mol. The summed E-state index contributed by atoms with van der Waals surface area (Å²) in [5, 5.41) is 8.33. The molecule has 0 aliphatic rings. The first kappa shape index (κ1) is 20.5. The minimum atomic E-state index is 0.918. The van der Waals surface area contributed by atoms with Gasteiger partial charge in [0.1, 0.15) is 0 Å². The van der Waals surface area contributed by atoms with Gasteiger partial charge < -0.3 is 4.90 Å². The van der Waals surface area contributed by atoms with E-state index >= 15 is 0 Å². The number of H-pyrrole nitrogens is 1. The number of fused-ring (bicyclic) bond motifs is 1. The van der Waals surface area contributed by atoms with Crippen LogP contribution in [0.1, 0.15) is 38.8 Å². The molecule has 2 aromatic heterocycles. The highest BCUT2D eigenvalue weighted by molar-refractivity contribution is 6.06. The fourth-order valence-corrected chi connectivity index (χ4v) is 3.75. The summed E-state index contributed by atoms with van der Waals surface area (Å²) in [7, 11) is 1.82. The molecule has 2 heterocycles. The lowest BCUT2D eigenvalue weighted by molar-refractivity contribution is 1.08. The molecule has 0 spiro atoms. The molecule has 0 atom stereocenters. The van der Waals surface area contributed by atoms with Gasteiger partial charge in [0.05, 0.1) is 28.3 Å². The van der Waals surface area contributed by atoms with E-state index in [9.17, 15) is 0 Å². The van der Waals surface area contributed by atoms with Crippen molar-refractivity contribution in [3.05, 3.63) is 65.8 Å². The molecule has 29 heavy (non-hydrogen) atoms. The van der Waals surface area contributed by atoms with E-state index in [2.05, 4.69) is 58.7 Å². The summed E-state index contributed by atoms with van der Waals surface area (Å²) >= 11 is 0. The number of nitrogens with zero attached hydrogens (tertiary/aromatic N) is 4. The molecule has 3 rings (SSSR count). The summed E-state index contributed by atoms with van der Waals surface area (Å²) < 4.78 is 0. The lowest BCUT2D eigenvalue weighted by Gasteiger charge is -2.30. The standard InChI is InChI=1S/C24H29N5/c1-8-18-12-22-20(13-19(18)21-10-11-27-28-21)24(16(5)14-26-22)29(15(3)4)23(9-2)17(6)25-7/h9-14H,3,8H2,1-2,4-7H3,(H,27,28)/b23-9+,25-17?. The second-order valence-electron chi connectivity index (χ2n) is 7.19. The number of hydrogen-bond acceptors (Lipinski definition) is 4. The fourth-order valence-electron chi connectivity index (χ4n) is 3.75. The first-order chi connectivity index (χ1) is 13.9. The number of hydrogen-bond donors (Lipinski definition) is 1. The number of rotatable bonds is 6. The van der Waals surface area contributed by atoms with Gasteiger partial charge in [-0.25, -0.2) is 0 Å². The van der Waals surface area contributed by atoms with Crippen LogP contribution in [0, 0.1) is 6.92 Å². The number of aryl methyl sites for hydroxylation is 2. The zero-order chi connectivity index (χ0) is 21.1. The van der Waals surface area contributed by atoms with Gasteiger partial charge in [-0.15, -0.1) is 0 Å². The van der Waals surface area contributed by atoms with Crippen molar-refractivity contribution in [2.75, 3.05) is 11.9 Å². The van der Waals surface area contributed by atoms with Crippen LogP contribution < -0.4 is 4.90 Å². The number of aromatic amines is 1. The molecule has 1 N–H and O–H groups in total. The predicted molar refractivity (Wildman–Crippen MR) is 124 cm³/mol. The lowest BCUT2D eigenvalue weighted by Crippen LogP contribution is -2.25. The molecule has 3 aromatic rings. The quantitative estimate of drug-likeness (QED) is 0.541. The van der Waals surface area contributed by atoms with Crippen LogP contribution in [0.2, 0.25) is 0 Å². The summed E-state index contributed by atoms with van der Waals surface area (Å²) in [6.45, 7) is 14.6. The van der Waals surface area contributed by atoms with Crippen molar-refractivity contribution >= 4 is 22.3 Å². The van der Waals surface area contributed by atoms with Crippen LogP contribution >= 0.6 is 0 Å². The Labute approximate surface area is 172 Å². The molecule has 1 aromatic carbocycles. The molecule has 0 saturated heterocycles. The van der Waals surface area contributed by atoms with E-state index in [0.29, 0.717) is 0 Å². The third kappa shape index (κ3) is 3.73. The minimum Gasteiger partial charge on any atom is -0.313 e. The molecular formula is C24H29N5. The topological polar surface area (TPSA) is 57.2 Å². The van der Waals surface area contributed by atoms with Crippen molar-refractivity contribution in [2.24, 2.45) is 4.99 Å². The van der Waals surface area contributed by atoms with Gasteiger partial charge in [-0.2, -0.15) is 5.10 Å². The van der Waals surface area contributed by atoms with Crippen LogP contribution in [0.25, 0.3) is 22.2 Å². The normalized spacial score (nSPS) is 12.5. The molecule has 0 bridgehead atoms. The Bertz CT molecular complexity index is 1100. The van der Waals surface area contributed by atoms with Gasteiger partial charge >= 0.3 is 0 Å². The van der Waals surface area contributed by atoms with E-state index in [4.69, 9.17) is 4.98 Å². The van der Waals surface area contributed by atoms with E-state index in [1.165, 1.54) is 5.56 Å². The molecule has 0 aliphatic heterocycles. The van der Waals surface area contributed by atoms with E-state index in [0.717, 1.165) is 56.9 Å². The lowest BCUT2D eigenvalue weighted by atomic mass is 9.97. The van der Waals surface area contributed by atoms with E-state index in [1.807, 2.05) is 40.1 Å². The van der Waals surface area contributed by atoms with E-state index in [-0.39, 0.29) is 0 Å². The van der Waals surface area contributed by atoms with Crippen LogP contribution in [0.4, 0.5) is 5.69 Å². The summed E-state index contributed by atoms with van der Waals surface area (Å²) in [4.78, 5) is 11.3. The number of pyridine rings is 1. The minimum absolute atomic E-state index is 0.918. The second-order valence-corrected chi connectivity index (χ2v) is 7.19. The molecule has 0 unspecified atom stereocenters. The summed E-state index contributed by atoms with van der Waals surface area (Å²) in [5.41, 5.74) is 9.45. The van der Waals surface area contributed by atoms with Gasteiger partial charge in [-0.3, -0.25) is 15.1 Å². The predicted octanol–water partition coefficient (Wildman–Crippen LogP) is 5.83. The summed E-state index contributed by atoms with van der Waals surface area (Å²) in [6.07, 6.45) is 6.72. The largest absolute Gasteiger partial charge is 0.313 e. The maximum atomic E-state index is 4.73. The van der Waals surface area contributed by atoms with Gasteiger partial charge in [0.15, 0.2) is 0 Å². The molecule has 0 aliphatic carbocycles. The van der Waals surface area contributed by atoms with Crippen LogP contribution in [0.5, 0.6) is 0 Å². The van der Waals surface area contributed by atoms with E-state index in [1.54, 1.807) is 6.20 Å². The first-order valence-electron chi connectivity index (χ1n) is 9.90.